The molecule has 0 saturated heterocycles. The van der Waals surface area contributed by atoms with Crippen LogP contribution in [0.25, 0.3) is 5.69 Å². The van der Waals surface area contributed by atoms with Crippen molar-refractivity contribution in [3.8, 4) is 5.69 Å². The molecular weight excluding hydrogens is 331 g/mol. The zero-order valence-electron chi connectivity index (χ0n) is 13.5. The van der Waals surface area contributed by atoms with Gasteiger partial charge < -0.3 is 9.13 Å². The maximum Gasteiger partial charge on any atom is 0.105 e. The van der Waals surface area contributed by atoms with Gasteiger partial charge in [0, 0.05) is 24.3 Å². The average molecular weight is 353 g/mol. The lowest BCUT2D eigenvalue weighted by molar-refractivity contribution is 0.746. The van der Waals surface area contributed by atoms with Gasteiger partial charge in [-0.15, -0.1) is 24.8 Å². The largest absolute Gasteiger partial charge is 0.329 e. The van der Waals surface area contributed by atoms with Crippen molar-refractivity contribution in [1.82, 2.24) is 19.1 Å². The van der Waals surface area contributed by atoms with Crippen LogP contribution < -0.4 is 0 Å². The van der Waals surface area contributed by atoms with E-state index in [2.05, 4.69) is 63.4 Å². The number of hydrogen-bond acceptors (Lipinski definition) is 2. The predicted molar refractivity (Wildman–Crippen MR) is 98.2 cm³/mol. The van der Waals surface area contributed by atoms with Crippen LogP contribution in [-0.2, 0) is 6.54 Å². The highest BCUT2D eigenvalue weighted by molar-refractivity contribution is 5.85. The summed E-state index contributed by atoms with van der Waals surface area (Å²) in [5.74, 6) is 1.54. The molecule has 0 bridgehead atoms. The molecule has 1 aromatic carbocycles. The standard InChI is InChI=1S/C17H20N4.2ClH/c1-13(2)15-5-4-6-17(9-15)21-11-16(19-12-21)10-20-8-7-18-14(20)3;;/h4-9,11-13H,10H2,1-3H3;2*1H. The highest BCUT2D eigenvalue weighted by atomic mass is 35.5. The van der Waals surface area contributed by atoms with Gasteiger partial charge in [-0.3, -0.25) is 0 Å². The van der Waals surface area contributed by atoms with Crippen molar-refractivity contribution in [2.75, 3.05) is 0 Å². The molecule has 0 radical (unpaired) electrons. The Hall–Kier alpha value is -1.78. The van der Waals surface area contributed by atoms with Crippen molar-refractivity contribution in [2.45, 2.75) is 33.2 Å². The molecule has 0 N–H and O–H groups in total. The first-order valence-electron chi connectivity index (χ1n) is 7.24. The lowest BCUT2D eigenvalue weighted by atomic mass is 10.0. The van der Waals surface area contributed by atoms with Gasteiger partial charge in [-0.25, -0.2) is 9.97 Å². The summed E-state index contributed by atoms with van der Waals surface area (Å²) in [5, 5.41) is 0. The average Bonchev–Trinajstić information content (AvgIpc) is 3.10. The number of halogens is 2. The molecule has 3 aromatic rings. The van der Waals surface area contributed by atoms with Crippen LogP contribution in [0.1, 0.15) is 36.8 Å². The van der Waals surface area contributed by atoms with Crippen molar-refractivity contribution in [3.63, 3.8) is 0 Å². The molecule has 0 saturated carbocycles. The maximum absolute atomic E-state index is 4.50. The van der Waals surface area contributed by atoms with E-state index in [1.54, 1.807) is 0 Å². The third-order valence-electron chi connectivity index (χ3n) is 3.73. The molecule has 0 unspecified atom stereocenters. The second-order valence-corrected chi connectivity index (χ2v) is 5.62. The molecule has 3 rings (SSSR count). The molecule has 23 heavy (non-hydrogen) atoms. The molecule has 124 valence electrons. The van der Waals surface area contributed by atoms with Gasteiger partial charge in [0.15, 0.2) is 0 Å². The van der Waals surface area contributed by atoms with Gasteiger partial charge >= 0.3 is 0 Å². The molecule has 0 atom stereocenters. The Morgan fingerprint density at radius 1 is 1.13 bits per heavy atom. The normalized spacial score (nSPS) is 10.3. The first kappa shape index (κ1) is 19.3. The summed E-state index contributed by atoms with van der Waals surface area (Å²) in [6.07, 6.45) is 7.76. The first-order chi connectivity index (χ1) is 10.1. The summed E-state index contributed by atoms with van der Waals surface area (Å²) in [4.78, 5) is 8.73. The smallest absolute Gasteiger partial charge is 0.105 e. The van der Waals surface area contributed by atoms with Crippen molar-refractivity contribution in [2.24, 2.45) is 0 Å². The van der Waals surface area contributed by atoms with Crippen LogP contribution in [0.2, 0.25) is 0 Å². The van der Waals surface area contributed by atoms with Crippen LogP contribution in [0.3, 0.4) is 0 Å². The number of aromatic nitrogens is 4. The quantitative estimate of drug-likeness (QED) is 0.697. The number of rotatable bonds is 4. The lowest BCUT2D eigenvalue weighted by Crippen LogP contribution is -2.01. The minimum Gasteiger partial charge on any atom is -0.329 e. The van der Waals surface area contributed by atoms with E-state index in [0.717, 1.165) is 23.8 Å². The van der Waals surface area contributed by atoms with Crippen LogP contribution in [-0.4, -0.2) is 19.1 Å². The zero-order chi connectivity index (χ0) is 14.8. The van der Waals surface area contributed by atoms with Gasteiger partial charge in [0.05, 0.1) is 18.6 Å². The van der Waals surface area contributed by atoms with Gasteiger partial charge in [0.1, 0.15) is 5.82 Å². The van der Waals surface area contributed by atoms with E-state index in [4.69, 9.17) is 0 Å². The highest BCUT2D eigenvalue weighted by Gasteiger charge is 2.05. The topological polar surface area (TPSA) is 35.6 Å². The number of aryl methyl sites for hydroxylation is 1. The molecule has 0 aliphatic carbocycles. The Morgan fingerprint density at radius 3 is 2.57 bits per heavy atom. The molecule has 6 heteroatoms. The summed E-state index contributed by atoms with van der Waals surface area (Å²) in [5.41, 5.74) is 3.53. The fraction of sp³-hybridized carbons (Fsp3) is 0.294. The van der Waals surface area contributed by atoms with Crippen LogP contribution in [0, 0.1) is 6.92 Å². The van der Waals surface area contributed by atoms with E-state index < -0.39 is 0 Å². The van der Waals surface area contributed by atoms with E-state index in [1.807, 2.05) is 25.6 Å². The van der Waals surface area contributed by atoms with E-state index in [0.29, 0.717) is 5.92 Å². The second kappa shape index (κ2) is 8.18. The van der Waals surface area contributed by atoms with E-state index in [9.17, 15) is 0 Å². The number of benzene rings is 1. The molecular formula is C17H22Cl2N4. The van der Waals surface area contributed by atoms with Gasteiger partial charge in [0.2, 0.25) is 0 Å². The minimum absolute atomic E-state index is 0. The summed E-state index contributed by atoms with van der Waals surface area (Å²) < 4.78 is 4.17. The first-order valence-corrected chi connectivity index (χ1v) is 7.24. The summed E-state index contributed by atoms with van der Waals surface area (Å²) in [7, 11) is 0. The molecule has 2 aromatic heterocycles. The van der Waals surface area contributed by atoms with Crippen molar-refractivity contribution in [3.05, 3.63) is 66.3 Å². The third-order valence-corrected chi connectivity index (χ3v) is 3.73. The van der Waals surface area contributed by atoms with Crippen molar-refractivity contribution < 1.29 is 0 Å². The Morgan fingerprint density at radius 2 is 1.91 bits per heavy atom. The van der Waals surface area contributed by atoms with Crippen molar-refractivity contribution in [1.29, 1.82) is 0 Å². The fourth-order valence-corrected chi connectivity index (χ4v) is 2.38. The molecule has 2 heterocycles. The van der Waals surface area contributed by atoms with Crippen LogP contribution in [0.4, 0.5) is 0 Å². The Kier molecular flexibility index (Phi) is 6.85. The molecule has 4 nitrogen and oxygen atoms in total. The second-order valence-electron chi connectivity index (χ2n) is 5.62. The van der Waals surface area contributed by atoms with E-state index in [-0.39, 0.29) is 24.8 Å². The van der Waals surface area contributed by atoms with E-state index >= 15 is 0 Å². The molecule has 0 spiro atoms. The van der Waals surface area contributed by atoms with Gasteiger partial charge in [0.25, 0.3) is 0 Å². The van der Waals surface area contributed by atoms with Gasteiger partial charge in [-0.1, -0.05) is 26.0 Å². The Balaban J connectivity index is 0.00000132. The van der Waals surface area contributed by atoms with Crippen LogP contribution in [0.5, 0.6) is 0 Å². The lowest BCUT2D eigenvalue weighted by Gasteiger charge is -2.08. The predicted octanol–water partition coefficient (Wildman–Crippen LogP) is 4.39. The van der Waals surface area contributed by atoms with Crippen LogP contribution in [0.15, 0.2) is 49.2 Å². The molecule has 0 fully saturated rings. The Bertz CT molecular complexity index is 746. The third kappa shape index (κ3) is 4.36. The van der Waals surface area contributed by atoms with Gasteiger partial charge in [-0.05, 0) is 30.5 Å². The van der Waals surface area contributed by atoms with Crippen LogP contribution >= 0.6 is 24.8 Å². The molecule has 0 aliphatic rings. The number of hydrogen-bond donors (Lipinski definition) is 0. The fourth-order valence-electron chi connectivity index (χ4n) is 2.38. The monoisotopic (exact) mass is 352 g/mol. The highest BCUT2D eigenvalue weighted by Crippen LogP contribution is 2.18. The Labute approximate surface area is 149 Å². The number of nitrogens with zero attached hydrogens (tertiary/aromatic N) is 4. The van der Waals surface area contributed by atoms with Gasteiger partial charge in [-0.2, -0.15) is 0 Å². The van der Waals surface area contributed by atoms with Crippen molar-refractivity contribution >= 4 is 24.8 Å². The zero-order valence-corrected chi connectivity index (χ0v) is 15.1. The SMILES string of the molecule is Cc1nccn1Cc1cn(-c2cccc(C(C)C)c2)cn1.Cl.Cl. The summed E-state index contributed by atoms with van der Waals surface area (Å²) >= 11 is 0. The summed E-state index contributed by atoms with van der Waals surface area (Å²) in [6.45, 7) is 7.17. The summed E-state index contributed by atoms with van der Waals surface area (Å²) in [6, 6.07) is 8.60. The maximum atomic E-state index is 4.50. The minimum atomic E-state index is 0. The molecule has 0 aliphatic heterocycles. The molecule has 0 amide bonds. The number of imidazole rings is 2. The van der Waals surface area contributed by atoms with E-state index in [1.165, 1.54) is 5.56 Å².